The van der Waals surface area contributed by atoms with E-state index in [0.717, 1.165) is 25.0 Å². The van der Waals surface area contributed by atoms with Crippen molar-refractivity contribution in [1.29, 1.82) is 0 Å². The van der Waals surface area contributed by atoms with Gasteiger partial charge in [-0.1, -0.05) is 32.9 Å². The molecule has 1 rings (SSSR count). The Hall–Kier alpha value is -1.02. The van der Waals surface area contributed by atoms with Gasteiger partial charge >= 0.3 is 0 Å². The van der Waals surface area contributed by atoms with E-state index in [1.165, 1.54) is 11.1 Å². The monoisotopic (exact) mass is 235 g/mol. The fourth-order valence-electron chi connectivity index (χ4n) is 2.45. The van der Waals surface area contributed by atoms with E-state index in [0.29, 0.717) is 6.54 Å². The molecule has 0 aliphatic heterocycles. The van der Waals surface area contributed by atoms with Crippen LogP contribution in [0.3, 0.4) is 0 Å². The van der Waals surface area contributed by atoms with Gasteiger partial charge in [-0.05, 0) is 36.5 Å². The molecule has 0 aromatic heterocycles. The molecule has 2 heteroatoms. The van der Waals surface area contributed by atoms with Crippen molar-refractivity contribution in [2.75, 3.05) is 13.7 Å². The van der Waals surface area contributed by atoms with Gasteiger partial charge in [0.25, 0.3) is 0 Å². The molecule has 0 radical (unpaired) electrons. The Morgan fingerprint density at radius 1 is 1.18 bits per heavy atom. The molecule has 1 aromatic rings. The lowest BCUT2D eigenvalue weighted by atomic mass is 9.75. The lowest BCUT2D eigenvalue weighted by molar-refractivity contribution is 0.397. The van der Waals surface area contributed by atoms with Crippen LogP contribution < -0.4 is 10.5 Å². The minimum Gasteiger partial charge on any atom is -0.496 e. The summed E-state index contributed by atoms with van der Waals surface area (Å²) in [4.78, 5) is 0. The molecular weight excluding hydrogens is 210 g/mol. The van der Waals surface area contributed by atoms with Crippen LogP contribution in [0.15, 0.2) is 18.2 Å². The van der Waals surface area contributed by atoms with Crippen molar-refractivity contribution in [3.63, 3.8) is 0 Å². The lowest BCUT2D eigenvalue weighted by Gasteiger charge is -2.31. The predicted octanol–water partition coefficient (Wildman–Crippen LogP) is 3.27. The molecule has 96 valence electrons. The number of benzene rings is 1. The maximum atomic E-state index is 5.99. The molecule has 1 aromatic carbocycles. The Kier molecular flexibility index (Phi) is 5.01. The first-order valence-corrected chi connectivity index (χ1v) is 6.54. The molecule has 0 unspecified atom stereocenters. The molecule has 0 aliphatic carbocycles. The summed E-state index contributed by atoms with van der Waals surface area (Å²) < 4.78 is 5.37. The van der Waals surface area contributed by atoms with Gasteiger partial charge in [0.05, 0.1) is 7.11 Å². The number of hydrogen-bond acceptors (Lipinski definition) is 2. The quantitative estimate of drug-likeness (QED) is 0.821. The molecule has 0 heterocycles. The molecule has 0 amide bonds. The van der Waals surface area contributed by atoms with Crippen LogP contribution in [0, 0.1) is 0 Å². The second-order valence-corrected chi connectivity index (χ2v) is 4.57. The first-order chi connectivity index (χ1) is 8.17. The zero-order chi connectivity index (χ0) is 12.9. The molecule has 0 bridgehead atoms. The van der Waals surface area contributed by atoms with Gasteiger partial charge < -0.3 is 10.5 Å². The Bertz CT molecular complexity index is 348. The number of ether oxygens (including phenoxy) is 1. The van der Waals surface area contributed by atoms with Gasteiger partial charge in [0.2, 0.25) is 0 Å². The molecule has 0 fully saturated rings. The Labute approximate surface area is 105 Å². The number of hydrogen-bond donors (Lipinski definition) is 1. The summed E-state index contributed by atoms with van der Waals surface area (Å²) in [7, 11) is 1.73. The van der Waals surface area contributed by atoms with Crippen molar-refractivity contribution in [2.45, 2.75) is 45.4 Å². The normalized spacial score (nSPS) is 11.6. The van der Waals surface area contributed by atoms with Crippen molar-refractivity contribution in [1.82, 2.24) is 0 Å². The molecule has 2 nitrogen and oxygen atoms in total. The number of nitrogens with two attached hydrogens (primary N) is 1. The van der Waals surface area contributed by atoms with E-state index in [-0.39, 0.29) is 5.41 Å². The van der Waals surface area contributed by atoms with Crippen LogP contribution in [-0.2, 0) is 11.8 Å². The van der Waals surface area contributed by atoms with Crippen molar-refractivity contribution >= 4 is 0 Å². The molecule has 0 atom stereocenters. The summed E-state index contributed by atoms with van der Waals surface area (Å²) in [5.41, 5.74) is 8.73. The lowest BCUT2D eigenvalue weighted by Crippen LogP contribution is -2.33. The molecule has 2 N–H and O–H groups in total. The fraction of sp³-hybridized carbons (Fsp3) is 0.600. The van der Waals surface area contributed by atoms with E-state index in [1.54, 1.807) is 7.11 Å². The maximum absolute atomic E-state index is 5.99. The summed E-state index contributed by atoms with van der Waals surface area (Å²) in [5, 5.41) is 0. The molecule has 0 saturated carbocycles. The summed E-state index contributed by atoms with van der Waals surface area (Å²) in [6.07, 6.45) is 3.15. The van der Waals surface area contributed by atoms with E-state index >= 15 is 0 Å². The summed E-state index contributed by atoms with van der Waals surface area (Å²) in [5.74, 6) is 0.981. The topological polar surface area (TPSA) is 35.2 Å². The van der Waals surface area contributed by atoms with Gasteiger partial charge in [-0.3, -0.25) is 0 Å². The first kappa shape index (κ1) is 14.0. The van der Waals surface area contributed by atoms with E-state index in [1.807, 2.05) is 0 Å². The van der Waals surface area contributed by atoms with E-state index in [4.69, 9.17) is 10.5 Å². The zero-order valence-electron chi connectivity index (χ0n) is 11.5. The predicted molar refractivity (Wildman–Crippen MR) is 73.7 cm³/mol. The third kappa shape index (κ3) is 2.63. The summed E-state index contributed by atoms with van der Waals surface area (Å²) in [6, 6.07) is 6.50. The first-order valence-electron chi connectivity index (χ1n) is 6.54. The minimum atomic E-state index is 0.121. The van der Waals surface area contributed by atoms with E-state index < -0.39 is 0 Å². The summed E-state index contributed by atoms with van der Waals surface area (Å²) in [6.45, 7) is 7.29. The highest BCUT2D eigenvalue weighted by Crippen LogP contribution is 2.33. The molecular formula is C15H25NO. The Balaban J connectivity index is 3.22. The van der Waals surface area contributed by atoms with Crippen LogP contribution >= 0.6 is 0 Å². The van der Waals surface area contributed by atoms with Gasteiger partial charge in [0.1, 0.15) is 5.75 Å². The average Bonchev–Trinajstić information content (AvgIpc) is 2.41. The highest BCUT2D eigenvalue weighted by molar-refractivity contribution is 5.40. The summed E-state index contributed by atoms with van der Waals surface area (Å²) >= 11 is 0. The van der Waals surface area contributed by atoms with Crippen LogP contribution in [0.2, 0.25) is 0 Å². The van der Waals surface area contributed by atoms with Gasteiger partial charge in [-0.15, -0.1) is 0 Å². The SMILES string of the molecule is CCc1cc(C(CC)(CC)CN)ccc1OC. The van der Waals surface area contributed by atoms with Crippen LogP contribution in [0.4, 0.5) is 0 Å². The van der Waals surface area contributed by atoms with Gasteiger partial charge in [-0.2, -0.15) is 0 Å². The number of methoxy groups -OCH3 is 1. The molecule has 17 heavy (non-hydrogen) atoms. The minimum absolute atomic E-state index is 0.121. The third-order valence-electron chi connectivity index (χ3n) is 4.02. The van der Waals surface area contributed by atoms with Crippen LogP contribution in [0.5, 0.6) is 5.75 Å². The van der Waals surface area contributed by atoms with E-state index in [9.17, 15) is 0 Å². The number of rotatable bonds is 6. The van der Waals surface area contributed by atoms with Crippen molar-refractivity contribution in [2.24, 2.45) is 5.73 Å². The van der Waals surface area contributed by atoms with Gasteiger partial charge in [0, 0.05) is 12.0 Å². The highest BCUT2D eigenvalue weighted by atomic mass is 16.5. The standard InChI is InChI=1S/C15H25NO/c1-5-12-10-13(8-9-14(12)17-4)15(6-2,7-3)11-16/h8-10H,5-7,11,16H2,1-4H3. The zero-order valence-corrected chi connectivity index (χ0v) is 11.5. The second kappa shape index (κ2) is 6.06. The highest BCUT2D eigenvalue weighted by Gasteiger charge is 2.27. The smallest absolute Gasteiger partial charge is 0.122 e. The third-order valence-corrected chi connectivity index (χ3v) is 4.02. The Morgan fingerprint density at radius 2 is 1.82 bits per heavy atom. The van der Waals surface area contributed by atoms with Gasteiger partial charge in [0.15, 0.2) is 0 Å². The maximum Gasteiger partial charge on any atom is 0.122 e. The van der Waals surface area contributed by atoms with Crippen LogP contribution in [0.25, 0.3) is 0 Å². The van der Waals surface area contributed by atoms with Gasteiger partial charge in [-0.25, -0.2) is 0 Å². The molecule has 0 spiro atoms. The van der Waals surface area contributed by atoms with Crippen molar-refractivity contribution in [3.05, 3.63) is 29.3 Å². The average molecular weight is 235 g/mol. The number of aryl methyl sites for hydroxylation is 1. The van der Waals surface area contributed by atoms with Crippen molar-refractivity contribution < 1.29 is 4.74 Å². The second-order valence-electron chi connectivity index (χ2n) is 4.57. The van der Waals surface area contributed by atoms with Crippen LogP contribution in [0.1, 0.15) is 44.7 Å². The van der Waals surface area contributed by atoms with Crippen molar-refractivity contribution in [3.8, 4) is 5.75 Å². The fourth-order valence-corrected chi connectivity index (χ4v) is 2.45. The largest absolute Gasteiger partial charge is 0.496 e. The van der Waals surface area contributed by atoms with Crippen LogP contribution in [-0.4, -0.2) is 13.7 Å². The molecule has 0 aliphatic rings. The van der Waals surface area contributed by atoms with E-state index in [2.05, 4.69) is 39.0 Å². The Morgan fingerprint density at radius 3 is 2.24 bits per heavy atom. The molecule has 0 saturated heterocycles.